The molecule has 0 aliphatic heterocycles. The van der Waals surface area contributed by atoms with Gasteiger partial charge in [0.05, 0.1) is 12.0 Å². The van der Waals surface area contributed by atoms with Crippen LogP contribution >= 0.6 is 0 Å². The van der Waals surface area contributed by atoms with Gasteiger partial charge in [-0.3, -0.25) is 5.10 Å². The average Bonchev–Trinajstić information content (AvgIpc) is 3.00. The molecule has 0 aliphatic rings. The fraction of sp³-hybridized carbons (Fsp3) is 0. The maximum absolute atomic E-state index is 5.74. The third-order valence-electron chi connectivity index (χ3n) is 2.55. The number of nitrogen functional groups attached to an aromatic ring is 1. The molecule has 0 spiro atoms. The molecule has 0 radical (unpaired) electrons. The van der Waals surface area contributed by atoms with Crippen molar-refractivity contribution in [2.75, 3.05) is 5.73 Å². The Bertz CT molecular complexity index is 626. The zero-order chi connectivity index (χ0) is 11.7. The van der Waals surface area contributed by atoms with Crippen molar-refractivity contribution >= 4 is 5.69 Å². The van der Waals surface area contributed by atoms with E-state index in [9.17, 15) is 0 Å². The first-order chi connectivity index (χ1) is 8.33. The summed E-state index contributed by atoms with van der Waals surface area (Å²) in [5, 5.41) is 7.18. The van der Waals surface area contributed by atoms with Gasteiger partial charge in [0.15, 0.2) is 5.76 Å². The molecule has 3 N–H and O–H groups in total. The molecular formula is C13H11N3O. The first-order valence-corrected chi connectivity index (χ1v) is 5.28. The van der Waals surface area contributed by atoms with E-state index in [1.54, 1.807) is 6.26 Å². The van der Waals surface area contributed by atoms with Crippen LogP contribution in [0, 0.1) is 0 Å². The van der Waals surface area contributed by atoms with Gasteiger partial charge in [0, 0.05) is 11.3 Å². The summed E-state index contributed by atoms with van der Waals surface area (Å²) in [4.78, 5) is 0. The highest BCUT2D eigenvalue weighted by molar-refractivity contribution is 5.68. The second-order valence-electron chi connectivity index (χ2n) is 3.77. The van der Waals surface area contributed by atoms with Crippen LogP contribution in [0.25, 0.3) is 22.7 Å². The van der Waals surface area contributed by atoms with Crippen molar-refractivity contribution in [3.8, 4) is 22.7 Å². The summed E-state index contributed by atoms with van der Waals surface area (Å²) >= 11 is 0. The lowest BCUT2D eigenvalue weighted by Gasteiger charge is -1.96. The number of nitrogens with two attached hydrogens (primary N) is 1. The summed E-state index contributed by atoms with van der Waals surface area (Å²) in [6.45, 7) is 0. The van der Waals surface area contributed by atoms with E-state index in [1.165, 1.54) is 0 Å². The van der Waals surface area contributed by atoms with Gasteiger partial charge in [-0.25, -0.2) is 0 Å². The molecule has 0 saturated carbocycles. The van der Waals surface area contributed by atoms with Crippen molar-refractivity contribution < 1.29 is 4.42 Å². The van der Waals surface area contributed by atoms with E-state index >= 15 is 0 Å². The minimum Gasteiger partial charge on any atom is -0.463 e. The predicted octanol–water partition coefficient (Wildman–Crippen LogP) is 2.92. The Balaban J connectivity index is 2.01. The highest BCUT2D eigenvalue weighted by Gasteiger charge is 2.07. The van der Waals surface area contributed by atoms with Crippen LogP contribution in [-0.2, 0) is 0 Å². The number of rotatable bonds is 2. The molecule has 2 heterocycles. The minimum absolute atomic E-state index is 0.727. The molecule has 0 amide bonds. The number of hydrogen-bond donors (Lipinski definition) is 2. The Hall–Kier alpha value is -2.49. The van der Waals surface area contributed by atoms with E-state index in [0.717, 1.165) is 28.4 Å². The molecule has 0 atom stereocenters. The van der Waals surface area contributed by atoms with Crippen LogP contribution in [0.3, 0.4) is 0 Å². The number of furan rings is 1. The molecular weight excluding hydrogens is 214 g/mol. The van der Waals surface area contributed by atoms with Crippen molar-refractivity contribution in [3.05, 3.63) is 48.7 Å². The van der Waals surface area contributed by atoms with Crippen LogP contribution in [0.1, 0.15) is 0 Å². The van der Waals surface area contributed by atoms with E-state index < -0.39 is 0 Å². The molecule has 17 heavy (non-hydrogen) atoms. The van der Waals surface area contributed by atoms with Gasteiger partial charge < -0.3 is 10.2 Å². The summed E-state index contributed by atoms with van der Waals surface area (Å²) in [5.74, 6) is 0.771. The van der Waals surface area contributed by atoms with Crippen LogP contribution in [0.4, 0.5) is 5.69 Å². The monoisotopic (exact) mass is 225 g/mol. The van der Waals surface area contributed by atoms with Gasteiger partial charge in [-0.1, -0.05) is 12.1 Å². The Kier molecular flexibility index (Phi) is 2.19. The molecule has 0 aliphatic carbocycles. The van der Waals surface area contributed by atoms with Gasteiger partial charge in [0.2, 0.25) is 0 Å². The SMILES string of the molecule is Nc1cccc(-c2cc(-c3ccco3)[nH]n2)c1. The summed E-state index contributed by atoms with van der Waals surface area (Å²) in [7, 11) is 0. The van der Waals surface area contributed by atoms with Crippen molar-refractivity contribution in [2.24, 2.45) is 0 Å². The van der Waals surface area contributed by atoms with Gasteiger partial charge in [-0.2, -0.15) is 5.10 Å². The first kappa shape index (κ1) is 9.72. The number of hydrogen-bond acceptors (Lipinski definition) is 3. The Morgan fingerprint density at radius 1 is 1.12 bits per heavy atom. The van der Waals surface area contributed by atoms with Crippen molar-refractivity contribution in [3.63, 3.8) is 0 Å². The lowest BCUT2D eigenvalue weighted by Crippen LogP contribution is -1.84. The van der Waals surface area contributed by atoms with E-state index in [1.807, 2.05) is 42.5 Å². The molecule has 2 aromatic heterocycles. The average molecular weight is 225 g/mol. The van der Waals surface area contributed by atoms with Crippen LogP contribution in [0.15, 0.2) is 53.1 Å². The standard InChI is InChI=1S/C13H11N3O/c14-10-4-1-3-9(7-10)11-8-12(16-15-11)13-5-2-6-17-13/h1-8H,14H2,(H,15,16). The molecule has 3 aromatic rings. The van der Waals surface area contributed by atoms with E-state index in [0.29, 0.717) is 0 Å². The predicted molar refractivity (Wildman–Crippen MR) is 66.1 cm³/mol. The van der Waals surface area contributed by atoms with Gasteiger partial charge in [0.1, 0.15) is 5.69 Å². The molecule has 0 fully saturated rings. The highest BCUT2D eigenvalue weighted by Crippen LogP contribution is 2.24. The van der Waals surface area contributed by atoms with Gasteiger partial charge in [-0.15, -0.1) is 0 Å². The quantitative estimate of drug-likeness (QED) is 0.659. The smallest absolute Gasteiger partial charge is 0.151 e. The van der Waals surface area contributed by atoms with Crippen LogP contribution in [-0.4, -0.2) is 10.2 Å². The maximum Gasteiger partial charge on any atom is 0.151 e. The lowest BCUT2D eigenvalue weighted by molar-refractivity contribution is 0.580. The third-order valence-corrected chi connectivity index (χ3v) is 2.55. The number of benzene rings is 1. The van der Waals surface area contributed by atoms with Gasteiger partial charge in [-0.05, 0) is 30.3 Å². The van der Waals surface area contributed by atoms with Gasteiger partial charge in [0.25, 0.3) is 0 Å². The summed E-state index contributed by atoms with van der Waals surface area (Å²) in [6, 6.07) is 13.3. The second-order valence-corrected chi connectivity index (χ2v) is 3.77. The summed E-state index contributed by atoms with van der Waals surface area (Å²) in [5.41, 5.74) is 9.16. The van der Waals surface area contributed by atoms with E-state index in [-0.39, 0.29) is 0 Å². The summed E-state index contributed by atoms with van der Waals surface area (Å²) < 4.78 is 5.30. The molecule has 4 heteroatoms. The van der Waals surface area contributed by atoms with Crippen molar-refractivity contribution in [1.29, 1.82) is 0 Å². The molecule has 84 valence electrons. The highest BCUT2D eigenvalue weighted by atomic mass is 16.3. The molecule has 0 bridgehead atoms. The minimum atomic E-state index is 0.727. The molecule has 0 unspecified atom stereocenters. The Labute approximate surface area is 98.1 Å². The van der Waals surface area contributed by atoms with E-state index in [2.05, 4.69) is 10.2 Å². The molecule has 1 aromatic carbocycles. The number of nitrogens with zero attached hydrogens (tertiary/aromatic N) is 1. The largest absolute Gasteiger partial charge is 0.463 e. The fourth-order valence-corrected chi connectivity index (χ4v) is 1.73. The molecule has 0 saturated heterocycles. The number of anilines is 1. The fourth-order valence-electron chi connectivity index (χ4n) is 1.73. The topological polar surface area (TPSA) is 67.8 Å². The second kappa shape index (κ2) is 3.83. The molecule has 4 nitrogen and oxygen atoms in total. The van der Waals surface area contributed by atoms with Crippen LogP contribution < -0.4 is 5.73 Å². The van der Waals surface area contributed by atoms with Crippen LogP contribution in [0.2, 0.25) is 0 Å². The number of aromatic amines is 1. The first-order valence-electron chi connectivity index (χ1n) is 5.28. The molecule has 3 rings (SSSR count). The Morgan fingerprint density at radius 3 is 2.82 bits per heavy atom. The van der Waals surface area contributed by atoms with Gasteiger partial charge >= 0.3 is 0 Å². The zero-order valence-electron chi connectivity index (χ0n) is 9.05. The van der Waals surface area contributed by atoms with Crippen molar-refractivity contribution in [2.45, 2.75) is 0 Å². The number of H-pyrrole nitrogens is 1. The number of aromatic nitrogens is 2. The Morgan fingerprint density at radius 2 is 2.06 bits per heavy atom. The zero-order valence-corrected chi connectivity index (χ0v) is 9.05. The summed E-state index contributed by atoms with van der Waals surface area (Å²) in [6.07, 6.45) is 1.64. The van der Waals surface area contributed by atoms with E-state index in [4.69, 9.17) is 10.2 Å². The third kappa shape index (κ3) is 1.80. The number of nitrogens with one attached hydrogen (secondary N) is 1. The van der Waals surface area contributed by atoms with Crippen molar-refractivity contribution in [1.82, 2.24) is 10.2 Å². The maximum atomic E-state index is 5.74. The lowest BCUT2D eigenvalue weighted by atomic mass is 10.1. The normalized spacial score (nSPS) is 10.6. The van der Waals surface area contributed by atoms with Crippen LogP contribution in [0.5, 0.6) is 0 Å².